The lowest BCUT2D eigenvalue weighted by atomic mass is 9.41. The number of rotatable bonds is 5. The molecule has 5 aliphatic carbocycles. The Bertz CT molecular complexity index is 873. The number of hydrogen-bond acceptors (Lipinski definition) is 4. The number of carboxylic acids is 2. The first-order chi connectivity index (χ1) is 15.3. The van der Waals surface area contributed by atoms with Crippen LogP contribution in [0.15, 0.2) is 0 Å². The predicted molar refractivity (Wildman–Crippen MR) is 122 cm³/mol. The molecule has 11 atom stereocenters. The maximum absolute atomic E-state index is 12.4. The fraction of sp³-hybridized carbons (Fsp3) is 0.926. The summed E-state index contributed by atoms with van der Waals surface area (Å²) in [7, 11) is 0. The van der Waals surface area contributed by atoms with E-state index in [4.69, 9.17) is 0 Å². The van der Waals surface area contributed by atoms with Gasteiger partial charge in [0.2, 0.25) is 0 Å². The van der Waals surface area contributed by atoms with Gasteiger partial charge in [0, 0.05) is 18.3 Å². The topological polar surface area (TPSA) is 115 Å². The molecule has 0 aromatic rings. The summed E-state index contributed by atoms with van der Waals surface area (Å²) in [5.74, 6) is -0.488. The van der Waals surface area contributed by atoms with Gasteiger partial charge in [0.25, 0.3) is 0 Å². The summed E-state index contributed by atoms with van der Waals surface area (Å²) in [6.07, 6.45) is 6.45. The molecule has 0 saturated heterocycles. The maximum atomic E-state index is 12.4. The quantitative estimate of drug-likeness (QED) is 0.484. The summed E-state index contributed by atoms with van der Waals surface area (Å²) in [5, 5.41) is 41.5. The second kappa shape index (κ2) is 6.96. The van der Waals surface area contributed by atoms with Crippen LogP contribution in [-0.4, -0.2) is 44.6 Å². The van der Waals surface area contributed by atoms with Gasteiger partial charge in [-0.25, -0.2) is 0 Å². The zero-order valence-electron chi connectivity index (χ0n) is 20.6. The van der Waals surface area contributed by atoms with Gasteiger partial charge in [0.05, 0.1) is 17.6 Å². The molecule has 5 saturated carbocycles. The molecule has 0 bridgehead atoms. The van der Waals surface area contributed by atoms with Gasteiger partial charge in [-0.2, -0.15) is 0 Å². The lowest BCUT2D eigenvalue weighted by molar-refractivity contribution is -0.210. The minimum absolute atomic E-state index is 0.0143. The normalized spacial score (nSPS) is 55.5. The van der Waals surface area contributed by atoms with E-state index in [1.165, 1.54) is 0 Å². The van der Waals surface area contributed by atoms with E-state index in [0.717, 1.165) is 51.4 Å². The first-order valence-corrected chi connectivity index (χ1v) is 13.1. The van der Waals surface area contributed by atoms with E-state index in [2.05, 4.69) is 20.8 Å². The van der Waals surface area contributed by atoms with Gasteiger partial charge < -0.3 is 20.4 Å². The van der Waals surface area contributed by atoms with Gasteiger partial charge >= 0.3 is 11.9 Å². The Labute approximate surface area is 197 Å². The van der Waals surface area contributed by atoms with Crippen molar-refractivity contribution in [2.45, 2.75) is 104 Å². The second-order valence-electron chi connectivity index (χ2n) is 13.3. The molecule has 0 aliphatic heterocycles. The van der Waals surface area contributed by atoms with E-state index in [1.807, 2.05) is 0 Å². The molecule has 0 aromatic carbocycles. The highest BCUT2D eigenvalue weighted by Crippen LogP contribution is 2.89. The maximum Gasteiger partial charge on any atom is 0.312 e. The lowest BCUT2D eigenvalue weighted by Crippen LogP contribution is -2.63. The third-order valence-corrected chi connectivity index (χ3v) is 12.8. The number of aliphatic carboxylic acids is 2. The predicted octanol–water partition coefficient (Wildman–Crippen LogP) is 4.32. The van der Waals surface area contributed by atoms with Crippen LogP contribution in [0.1, 0.15) is 91.9 Å². The highest BCUT2D eigenvalue weighted by molar-refractivity contribution is 5.76. The molecule has 0 amide bonds. The van der Waals surface area contributed by atoms with Crippen LogP contribution in [-0.2, 0) is 9.59 Å². The zero-order valence-corrected chi connectivity index (χ0v) is 20.6. The van der Waals surface area contributed by atoms with Crippen LogP contribution >= 0.6 is 0 Å². The van der Waals surface area contributed by atoms with E-state index in [0.29, 0.717) is 17.8 Å². The van der Waals surface area contributed by atoms with Crippen molar-refractivity contribution in [3.63, 3.8) is 0 Å². The van der Waals surface area contributed by atoms with Crippen molar-refractivity contribution in [2.75, 3.05) is 0 Å². The Morgan fingerprint density at radius 3 is 2.21 bits per heavy atom. The lowest BCUT2D eigenvalue weighted by Gasteiger charge is -2.63. The zero-order chi connectivity index (χ0) is 24.2. The van der Waals surface area contributed by atoms with E-state index >= 15 is 0 Å². The molecule has 6 nitrogen and oxygen atoms in total. The average molecular weight is 463 g/mol. The van der Waals surface area contributed by atoms with Crippen molar-refractivity contribution in [2.24, 2.45) is 50.7 Å². The molecule has 4 N–H and O–H groups in total. The van der Waals surface area contributed by atoms with Crippen molar-refractivity contribution in [1.82, 2.24) is 0 Å². The Kier molecular flexibility index (Phi) is 4.98. The number of carboxylic acid groups (broad SMARTS) is 2. The number of hydrogen-bond donors (Lipinski definition) is 4. The van der Waals surface area contributed by atoms with Crippen LogP contribution in [0.3, 0.4) is 0 Å². The van der Waals surface area contributed by atoms with Crippen molar-refractivity contribution < 1.29 is 30.0 Å². The standard InChI is InChI=1S/C27H42O6/c1-15(5-8-21(30)31)16-9-10-24(3)17-6-7-18-25(4,22(32)33)19(28)13-20(29)27(18)14-26(17,27)12-11-23(16,24)2/h15-20,28-29H,5-14H2,1-4H3,(H,30,31)(H,32,33)/t15-,16-,17+,18+,19+,20+,23-,24+,25+,26+,27-/m1/s1. The average Bonchev–Trinajstić information content (AvgIpc) is 3.35. The molecule has 5 rings (SSSR count). The molecule has 5 aliphatic rings. The molecule has 2 spiro atoms. The minimum Gasteiger partial charge on any atom is -0.481 e. The highest BCUT2D eigenvalue weighted by atomic mass is 16.4. The van der Waals surface area contributed by atoms with Crippen LogP contribution in [0.5, 0.6) is 0 Å². The van der Waals surface area contributed by atoms with Gasteiger partial charge in [-0.15, -0.1) is 0 Å². The molecule has 6 heteroatoms. The monoisotopic (exact) mass is 462 g/mol. The van der Waals surface area contributed by atoms with E-state index in [1.54, 1.807) is 6.92 Å². The smallest absolute Gasteiger partial charge is 0.312 e. The van der Waals surface area contributed by atoms with Gasteiger partial charge in [-0.1, -0.05) is 20.8 Å². The van der Waals surface area contributed by atoms with Gasteiger partial charge in [-0.05, 0) is 98.2 Å². The molecule has 5 fully saturated rings. The Morgan fingerprint density at radius 1 is 0.909 bits per heavy atom. The third-order valence-electron chi connectivity index (χ3n) is 12.8. The first kappa shape index (κ1) is 23.6. The molecular formula is C27H42O6. The van der Waals surface area contributed by atoms with Crippen LogP contribution in [0, 0.1) is 50.7 Å². The van der Waals surface area contributed by atoms with Gasteiger partial charge in [-0.3, -0.25) is 9.59 Å². The fourth-order valence-electron chi connectivity index (χ4n) is 10.9. The van der Waals surface area contributed by atoms with Crippen molar-refractivity contribution >= 4 is 11.9 Å². The minimum atomic E-state index is -1.20. The summed E-state index contributed by atoms with van der Waals surface area (Å²) in [6, 6.07) is 0. The SMILES string of the molecule is C[C@H](CCC(=O)O)[C@H]1CC[C@@]2(C)[C@@H]3CC[C@H]4[C@](C)(C(=O)O)[C@@H](O)C[C@H](O)[C@@]45C[C@@]35CC[C@]12C. The molecule has 186 valence electrons. The van der Waals surface area contributed by atoms with Gasteiger partial charge in [0.15, 0.2) is 0 Å². The molecule has 0 heterocycles. The largest absolute Gasteiger partial charge is 0.481 e. The number of aliphatic hydroxyl groups excluding tert-OH is 2. The number of carbonyl (C=O) groups is 2. The van der Waals surface area contributed by atoms with Crippen LogP contribution in [0.2, 0.25) is 0 Å². The van der Waals surface area contributed by atoms with E-state index in [-0.39, 0.29) is 40.4 Å². The summed E-state index contributed by atoms with van der Waals surface area (Å²) < 4.78 is 0. The van der Waals surface area contributed by atoms with E-state index < -0.39 is 29.6 Å². The third kappa shape index (κ3) is 2.58. The summed E-state index contributed by atoms with van der Waals surface area (Å²) in [4.78, 5) is 23.6. The van der Waals surface area contributed by atoms with Crippen molar-refractivity contribution in [3.8, 4) is 0 Å². The van der Waals surface area contributed by atoms with E-state index in [9.17, 15) is 30.0 Å². The summed E-state index contributed by atoms with van der Waals surface area (Å²) in [5.41, 5.74) is -1.32. The summed E-state index contributed by atoms with van der Waals surface area (Å²) in [6.45, 7) is 8.84. The Hall–Kier alpha value is -1.14. The van der Waals surface area contributed by atoms with Gasteiger partial charge in [0.1, 0.15) is 0 Å². The van der Waals surface area contributed by atoms with Crippen LogP contribution in [0.4, 0.5) is 0 Å². The molecular weight excluding hydrogens is 420 g/mol. The van der Waals surface area contributed by atoms with Crippen molar-refractivity contribution in [1.29, 1.82) is 0 Å². The second-order valence-corrected chi connectivity index (χ2v) is 13.3. The molecule has 0 unspecified atom stereocenters. The Morgan fingerprint density at radius 2 is 1.58 bits per heavy atom. The van der Waals surface area contributed by atoms with Crippen molar-refractivity contribution in [3.05, 3.63) is 0 Å². The summed E-state index contributed by atoms with van der Waals surface area (Å²) >= 11 is 0. The van der Waals surface area contributed by atoms with Crippen LogP contribution < -0.4 is 0 Å². The fourth-order valence-corrected chi connectivity index (χ4v) is 10.9. The molecule has 0 aromatic heterocycles. The highest BCUT2D eigenvalue weighted by Gasteiger charge is 2.85. The van der Waals surface area contributed by atoms with Crippen LogP contribution in [0.25, 0.3) is 0 Å². The molecule has 33 heavy (non-hydrogen) atoms. The molecule has 0 radical (unpaired) electrons. The Balaban J connectivity index is 1.48. The first-order valence-electron chi connectivity index (χ1n) is 13.1. The number of fused-ring (bicyclic) bond motifs is 2. The number of aliphatic hydroxyl groups is 2.